The Hall–Kier alpha value is -1.53. The second-order valence-corrected chi connectivity index (χ2v) is 6.07. The highest BCUT2D eigenvalue weighted by Crippen LogP contribution is 2.24. The van der Waals surface area contributed by atoms with Gasteiger partial charge in [-0.1, -0.05) is 32.9 Å². The van der Waals surface area contributed by atoms with Gasteiger partial charge in [0.05, 0.1) is 18.5 Å². The fourth-order valence-electron chi connectivity index (χ4n) is 1.74. The van der Waals surface area contributed by atoms with E-state index in [1.807, 2.05) is 31.1 Å². The summed E-state index contributed by atoms with van der Waals surface area (Å²) >= 11 is 0. The Morgan fingerprint density at radius 2 is 1.79 bits per heavy atom. The minimum atomic E-state index is 0.132. The van der Waals surface area contributed by atoms with Crippen molar-refractivity contribution in [2.45, 2.75) is 38.6 Å². The fourth-order valence-corrected chi connectivity index (χ4v) is 1.74. The standard InChI is InChI=1S/C16H24N2O/c1-16(2,3)13-6-8-15(9-7-13)19-12-14(10-11-17)18(4)5/h6-9,14H,10,12H2,1-5H3. The van der Waals surface area contributed by atoms with E-state index in [0.29, 0.717) is 13.0 Å². The zero-order valence-electron chi connectivity index (χ0n) is 12.6. The van der Waals surface area contributed by atoms with E-state index < -0.39 is 0 Å². The van der Waals surface area contributed by atoms with E-state index in [-0.39, 0.29) is 11.5 Å². The highest BCUT2D eigenvalue weighted by Gasteiger charge is 2.14. The number of benzene rings is 1. The first-order chi connectivity index (χ1) is 8.84. The van der Waals surface area contributed by atoms with Crippen LogP contribution in [0.1, 0.15) is 32.8 Å². The average Bonchev–Trinajstić information content (AvgIpc) is 2.33. The summed E-state index contributed by atoms with van der Waals surface area (Å²) in [6, 6.07) is 10.5. The van der Waals surface area contributed by atoms with E-state index in [2.05, 4.69) is 39.0 Å². The summed E-state index contributed by atoms with van der Waals surface area (Å²) in [6.45, 7) is 7.11. The molecule has 0 amide bonds. The minimum absolute atomic E-state index is 0.132. The first kappa shape index (κ1) is 15.5. The second kappa shape index (κ2) is 6.58. The van der Waals surface area contributed by atoms with Crippen molar-refractivity contribution >= 4 is 0 Å². The molecule has 0 saturated carbocycles. The molecule has 0 heterocycles. The predicted molar refractivity (Wildman–Crippen MR) is 78.3 cm³/mol. The Morgan fingerprint density at radius 1 is 1.21 bits per heavy atom. The molecule has 0 aromatic heterocycles. The van der Waals surface area contributed by atoms with Crippen LogP contribution in [-0.2, 0) is 5.41 Å². The zero-order chi connectivity index (χ0) is 14.5. The Labute approximate surface area is 116 Å². The molecule has 0 spiro atoms. The van der Waals surface area contributed by atoms with Crippen LogP contribution in [0.25, 0.3) is 0 Å². The first-order valence-electron chi connectivity index (χ1n) is 6.61. The molecule has 1 unspecified atom stereocenters. The van der Waals surface area contributed by atoms with Gasteiger partial charge < -0.3 is 9.64 Å². The molecular formula is C16H24N2O. The monoisotopic (exact) mass is 260 g/mol. The number of nitrogens with zero attached hydrogens (tertiary/aromatic N) is 2. The minimum Gasteiger partial charge on any atom is -0.492 e. The summed E-state index contributed by atoms with van der Waals surface area (Å²) in [5.41, 5.74) is 1.45. The van der Waals surface area contributed by atoms with Gasteiger partial charge in [-0.05, 0) is 37.2 Å². The number of ether oxygens (including phenoxy) is 1. The van der Waals surface area contributed by atoms with E-state index in [0.717, 1.165) is 5.75 Å². The SMILES string of the molecule is CN(C)C(CC#N)COc1ccc(C(C)(C)C)cc1. The van der Waals surface area contributed by atoms with Gasteiger partial charge in [0.1, 0.15) is 12.4 Å². The summed E-state index contributed by atoms with van der Waals surface area (Å²) in [5.74, 6) is 0.859. The third-order valence-electron chi connectivity index (χ3n) is 3.22. The Kier molecular flexibility index (Phi) is 5.38. The van der Waals surface area contributed by atoms with Gasteiger partial charge in [0.25, 0.3) is 0 Å². The van der Waals surface area contributed by atoms with Crippen LogP contribution in [0.2, 0.25) is 0 Å². The molecule has 104 valence electrons. The topological polar surface area (TPSA) is 36.3 Å². The highest BCUT2D eigenvalue weighted by molar-refractivity contribution is 5.31. The second-order valence-electron chi connectivity index (χ2n) is 6.07. The molecule has 0 bridgehead atoms. The molecule has 0 aliphatic heterocycles. The van der Waals surface area contributed by atoms with Crippen molar-refractivity contribution in [1.29, 1.82) is 5.26 Å². The maximum absolute atomic E-state index is 8.78. The van der Waals surface area contributed by atoms with Gasteiger partial charge in [0.2, 0.25) is 0 Å². The first-order valence-corrected chi connectivity index (χ1v) is 6.61. The van der Waals surface area contributed by atoms with Crippen LogP contribution < -0.4 is 4.74 Å². The van der Waals surface area contributed by atoms with E-state index in [1.165, 1.54) is 5.56 Å². The maximum Gasteiger partial charge on any atom is 0.119 e. The van der Waals surface area contributed by atoms with Gasteiger partial charge in [0.15, 0.2) is 0 Å². The van der Waals surface area contributed by atoms with Gasteiger partial charge in [-0.15, -0.1) is 0 Å². The van der Waals surface area contributed by atoms with E-state index >= 15 is 0 Å². The number of hydrogen-bond donors (Lipinski definition) is 0. The molecule has 1 aromatic rings. The highest BCUT2D eigenvalue weighted by atomic mass is 16.5. The van der Waals surface area contributed by atoms with Crippen LogP contribution in [0, 0.1) is 11.3 Å². The molecule has 1 atom stereocenters. The van der Waals surface area contributed by atoms with Crippen molar-refractivity contribution in [3.8, 4) is 11.8 Å². The van der Waals surface area contributed by atoms with Crippen LogP contribution >= 0.6 is 0 Å². The lowest BCUT2D eigenvalue weighted by atomic mass is 9.87. The lowest BCUT2D eigenvalue weighted by Gasteiger charge is -2.22. The van der Waals surface area contributed by atoms with Gasteiger partial charge >= 0.3 is 0 Å². The maximum atomic E-state index is 8.78. The van der Waals surface area contributed by atoms with Gasteiger partial charge in [-0.2, -0.15) is 5.26 Å². The molecule has 3 heteroatoms. The molecule has 0 fully saturated rings. The third-order valence-corrected chi connectivity index (χ3v) is 3.22. The van der Waals surface area contributed by atoms with Gasteiger partial charge in [-0.25, -0.2) is 0 Å². The number of rotatable bonds is 5. The molecule has 19 heavy (non-hydrogen) atoms. The Morgan fingerprint density at radius 3 is 2.21 bits per heavy atom. The van der Waals surface area contributed by atoms with Crippen LogP contribution in [0.3, 0.4) is 0 Å². The normalized spacial score (nSPS) is 13.1. The lowest BCUT2D eigenvalue weighted by Crippen LogP contribution is -2.33. The van der Waals surface area contributed by atoms with E-state index in [4.69, 9.17) is 10.00 Å². The summed E-state index contributed by atoms with van der Waals surface area (Å²) in [5, 5.41) is 8.78. The molecular weight excluding hydrogens is 236 g/mol. The van der Waals surface area contributed by atoms with Crippen molar-refractivity contribution in [2.24, 2.45) is 0 Å². The van der Waals surface area contributed by atoms with Crippen molar-refractivity contribution in [2.75, 3.05) is 20.7 Å². The average molecular weight is 260 g/mol. The van der Waals surface area contributed by atoms with Crippen molar-refractivity contribution in [1.82, 2.24) is 4.90 Å². The Balaban J connectivity index is 2.61. The van der Waals surface area contributed by atoms with Crippen molar-refractivity contribution < 1.29 is 4.74 Å². The molecule has 0 N–H and O–H groups in total. The molecule has 0 aliphatic carbocycles. The molecule has 0 aliphatic rings. The van der Waals surface area contributed by atoms with Crippen LogP contribution in [-0.4, -0.2) is 31.6 Å². The van der Waals surface area contributed by atoms with Crippen LogP contribution in [0.5, 0.6) is 5.75 Å². The molecule has 0 radical (unpaired) electrons. The molecule has 1 aromatic carbocycles. The number of nitriles is 1. The summed E-state index contributed by atoms with van der Waals surface area (Å²) in [4.78, 5) is 2.02. The Bertz CT molecular complexity index is 424. The zero-order valence-corrected chi connectivity index (χ0v) is 12.6. The van der Waals surface area contributed by atoms with E-state index in [9.17, 15) is 0 Å². The molecule has 0 saturated heterocycles. The van der Waals surface area contributed by atoms with Gasteiger partial charge in [-0.3, -0.25) is 0 Å². The quantitative estimate of drug-likeness (QED) is 0.815. The number of likely N-dealkylation sites (N-methyl/N-ethyl adjacent to an activating group) is 1. The van der Waals surface area contributed by atoms with E-state index in [1.54, 1.807) is 0 Å². The third kappa shape index (κ3) is 4.92. The van der Waals surface area contributed by atoms with Crippen LogP contribution in [0.15, 0.2) is 24.3 Å². The molecule has 3 nitrogen and oxygen atoms in total. The number of hydrogen-bond acceptors (Lipinski definition) is 3. The van der Waals surface area contributed by atoms with Crippen molar-refractivity contribution in [3.05, 3.63) is 29.8 Å². The molecule has 1 rings (SSSR count). The summed E-state index contributed by atoms with van der Waals surface area (Å²) in [7, 11) is 3.93. The fraction of sp³-hybridized carbons (Fsp3) is 0.562. The predicted octanol–water partition coefficient (Wildman–Crippen LogP) is 3.21. The van der Waals surface area contributed by atoms with Crippen molar-refractivity contribution in [3.63, 3.8) is 0 Å². The largest absolute Gasteiger partial charge is 0.492 e. The van der Waals surface area contributed by atoms with Gasteiger partial charge in [0, 0.05) is 0 Å². The lowest BCUT2D eigenvalue weighted by molar-refractivity contribution is 0.188. The summed E-state index contributed by atoms with van der Waals surface area (Å²) in [6.07, 6.45) is 0.479. The summed E-state index contributed by atoms with van der Waals surface area (Å²) < 4.78 is 5.76. The smallest absolute Gasteiger partial charge is 0.119 e. The van der Waals surface area contributed by atoms with Crippen LogP contribution in [0.4, 0.5) is 0 Å².